The first-order chi connectivity index (χ1) is 25.0. The van der Waals surface area contributed by atoms with Crippen molar-refractivity contribution in [3.8, 4) is 33.4 Å². The van der Waals surface area contributed by atoms with Crippen LogP contribution in [0.25, 0.3) is 88.3 Å². The van der Waals surface area contributed by atoms with Gasteiger partial charge in [0.25, 0.3) is 0 Å². The van der Waals surface area contributed by atoms with Gasteiger partial charge >= 0.3 is 0 Å². The lowest BCUT2D eigenvalue weighted by Crippen LogP contribution is -2.55. The number of benzene rings is 6. The van der Waals surface area contributed by atoms with Gasteiger partial charge in [-0.3, -0.25) is 0 Å². The van der Waals surface area contributed by atoms with Crippen molar-refractivity contribution >= 4 is 159 Å². The molecule has 52 heavy (non-hydrogen) atoms. The first-order valence-corrected chi connectivity index (χ1v) is 19.0. The van der Waals surface area contributed by atoms with Crippen molar-refractivity contribution in [1.82, 2.24) is 0 Å². The molecule has 240 valence electrons. The average molecular weight is 674 g/mol. The molecule has 0 nitrogen and oxygen atoms in total. The molecular formula is C44H37B7S. The van der Waals surface area contributed by atoms with Gasteiger partial charge in [0.1, 0.15) is 54.9 Å². The number of fused-ring (bicyclic) bond motifs is 5. The smallest absolute Gasteiger partial charge is 0.135 e. The molecule has 0 bridgehead atoms. The molecule has 8 aromatic rings. The molecule has 7 aromatic carbocycles. The SMILES string of the molecule is Bc1c(B)c(B)c(-c2ccc3c(c2)sc2cccc(-c4c5cccc(B)c5c(-c5ccc(=C)ccccc(=C)c5)c5c(B)cccc45)c23)c(B)c1B. The number of thiophene rings is 1. The van der Waals surface area contributed by atoms with Crippen LogP contribution in [-0.4, -0.2) is 54.9 Å². The van der Waals surface area contributed by atoms with Crippen LogP contribution in [0.3, 0.4) is 0 Å². The van der Waals surface area contributed by atoms with Crippen LogP contribution < -0.4 is 48.7 Å². The number of rotatable bonds is 3. The normalized spacial score (nSPS) is 11.4. The van der Waals surface area contributed by atoms with Crippen LogP contribution in [0, 0.1) is 0 Å². The third kappa shape index (κ3) is 5.47. The lowest BCUT2D eigenvalue weighted by atomic mass is 9.59. The predicted octanol–water partition coefficient (Wildman–Crippen LogP) is -0.884. The van der Waals surface area contributed by atoms with Gasteiger partial charge in [0, 0.05) is 20.2 Å². The van der Waals surface area contributed by atoms with E-state index in [9.17, 15) is 0 Å². The second-order valence-corrected chi connectivity index (χ2v) is 15.6. The van der Waals surface area contributed by atoms with Gasteiger partial charge in [-0.25, -0.2) is 0 Å². The van der Waals surface area contributed by atoms with Crippen molar-refractivity contribution in [2.24, 2.45) is 0 Å². The summed E-state index contributed by atoms with van der Waals surface area (Å²) in [4.78, 5) is 0. The van der Waals surface area contributed by atoms with Gasteiger partial charge in [-0.15, -0.1) is 27.7 Å². The fourth-order valence-electron chi connectivity index (χ4n) is 8.45. The topological polar surface area (TPSA) is 0 Å². The van der Waals surface area contributed by atoms with Crippen LogP contribution in [0.1, 0.15) is 0 Å². The minimum Gasteiger partial charge on any atom is -0.135 e. The maximum Gasteiger partial charge on any atom is 0.140 e. The average Bonchev–Trinajstić information content (AvgIpc) is 3.51. The van der Waals surface area contributed by atoms with Crippen molar-refractivity contribution in [3.05, 3.63) is 126 Å². The van der Waals surface area contributed by atoms with Crippen molar-refractivity contribution in [3.63, 3.8) is 0 Å². The van der Waals surface area contributed by atoms with Gasteiger partial charge in [0.05, 0.1) is 0 Å². The van der Waals surface area contributed by atoms with E-state index in [1.54, 1.807) is 0 Å². The van der Waals surface area contributed by atoms with Gasteiger partial charge in [-0.05, 0) is 83.6 Å². The van der Waals surface area contributed by atoms with Crippen molar-refractivity contribution in [2.75, 3.05) is 0 Å². The maximum atomic E-state index is 4.41. The van der Waals surface area contributed by atoms with Crippen LogP contribution >= 0.6 is 11.3 Å². The minimum atomic E-state index is 0.957. The highest BCUT2D eigenvalue weighted by Crippen LogP contribution is 2.47. The predicted molar refractivity (Wildman–Crippen MR) is 256 cm³/mol. The zero-order chi connectivity index (χ0) is 36.4. The summed E-state index contributed by atoms with van der Waals surface area (Å²) >= 11 is 1.91. The summed E-state index contributed by atoms with van der Waals surface area (Å²) in [6, 6.07) is 42.3. The summed E-state index contributed by atoms with van der Waals surface area (Å²) in [5.41, 5.74) is 17.1. The highest BCUT2D eigenvalue weighted by Gasteiger charge is 2.22. The van der Waals surface area contributed by atoms with E-state index in [2.05, 4.69) is 165 Å². The quantitative estimate of drug-likeness (QED) is 0.169. The molecule has 0 saturated carbocycles. The summed E-state index contributed by atoms with van der Waals surface area (Å²) in [6.07, 6.45) is 0. The first-order valence-electron chi connectivity index (χ1n) is 18.2. The second-order valence-electron chi connectivity index (χ2n) is 14.5. The van der Waals surface area contributed by atoms with Gasteiger partial charge in [0.2, 0.25) is 0 Å². The summed E-state index contributed by atoms with van der Waals surface area (Å²) in [5.74, 6) is 0. The van der Waals surface area contributed by atoms with E-state index >= 15 is 0 Å². The van der Waals surface area contributed by atoms with E-state index < -0.39 is 0 Å². The van der Waals surface area contributed by atoms with Crippen LogP contribution in [-0.2, 0) is 0 Å². The molecule has 0 fully saturated rings. The lowest BCUT2D eigenvalue weighted by Gasteiger charge is -2.21. The third-order valence-corrected chi connectivity index (χ3v) is 12.6. The van der Waals surface area contributed by atoms with E-state index in [1.165, 1.54) is 108 Å². The van der Waals surface area contributed by atoms with Crippen LogP contribution in [0.4, 0.5) is 0 Å². The van der Waals surface area contributed by atoms with E-state index in [-0.39, 0.29) is 0 Å². The highest BCUT2D eigenvalue weighted by molar-refractivity contribution is 7.26. The van der Waals surface area contributed by atoms with E-state index in [0.717, 1.165) is 16.0 Å². The molecule has 0 N–H and O–H groups in total. The molecule has 1 heterocycles. The Balaban J connectivity index is 1.48. The Labute approximate surface area is 316 Å². The lowest BCUT2D eigenvalue weighted by molar-refractivity contribution is 1.61. The Kier molecular flexibility index (Phi) is 8.63. The summed E-state index contributed by atoms with van der Waals surface area (Å²) in [5, 5.41) is 9.64. The molecule has 0 aliphatic carbocycles. The fraction of sp³-hybridized carbons (Fsp3) is 0. The molecule has 0 radical (unpaired) electrons. The van der Waals surface area contributed by atoms with Crippen LogP contribution in [0.15, 0.2) is 115 Å². The second kappa shape index (κ2) is 13.2. The zero-order valence-corrected chi connectivity index (χ0v) is 32.1. The van der Waals surface area contributed by atoms with Gasteiger partial charge in [-0.1, -0.05) is 132 Å². The summed E-state index contributed by atoms with van der Waals surface area (Å²) in [6.45, 7) is 8.69. The highest BCUT2D eigenvalue weighted by atomic mass is 32.1. The standard InChI is InChI=1S/C44H37B7S/c1-22-8-3-4-9-23(2)20-24(17-16-22)34-38-28(10-5-13-30(38)45)36(29-11-6-14-31(46)39(29)34)27-12-7-15-32-37(27)26-19-18-25(21-33(26)52-32)35-40(47)42(49)44(51)43(50)41(35)48/h3-21H,1-2,45-51H2. The monoisotopic (exact) mass is 674 g/mol. The van der Waals surface area contributed by atoms with E-state index in [0.29, 0.717) is 0 Å². The molecule has 1 aromatic heterocycles. The Morgan fingerprint density at radius 1 is 0.385 bits per heavy atom. The molecule has 0 saturated heterocycles. The van der Waals surface area contributed by atoms with Gasteiger partial charge < -0.3 is 0 Å². The zero-order valence-electron chi connectivity index (χ0n) is 31.3. The van der Waals surface area contributed by atoms with Crippen LogP contribution in [0.2, 0.25) is 0 Å². The molecule has 0 amide bonds. The van der Waals surface area contributed by atoms with Crippen LogP contribution in [0.5, 0.6) is 0 Å². The number of hydrogen-bond donors (Lipinski definition) is 0. The van der Waals surface area contributed by atoms with Gasteiger partial charge in [0.15, 0.2) is 0 Å². The minimum absolute atomic E-state index is 0.957. The van der Waals surface area contributed by atoms with E-state index in [4.69, 9.17) is 0 Å². The van der Waals surface area contributed by atoms with Gasteiger partial charge in [-0.2, -0.15) is 0 Å². The first kappa shape index (κ1) is 34.1. The molecule has 0 aliphatic rings. The van der Waals surface area contributed by atoms with Crippen molar-refractivity contribution in [2.45, 2.75) is 0 Å². The Hall–Kier alpha value is -5.05. The third-order valence-electron chi connectivity index (χ3n) is 11.5. The molecule has 0 aliphatic heterocycles. The summed E-state index contributed by atoms with van der Waals surface area (Å²) < 4.78 is 2.64. The molecule has 8 rings (SSSR count). The van der Waals surface area contributed by atoms with Crippen molar-refractivity contribution < 1.29 is 0 Å². The molecule has 8 heteroatoms. The molecule has 0 spiro atoms. The molecule has 0 atom stereocenters. The fourth-order valence-corrected chi connectivity index (χ4v) is 9.62. The largest absolute Gasteiger partial charge is 0.140 e. The maximum absolute atomic E-state index is 4.41. The van der Waals surface area contributed by atoms with E-state index in [1.807, 2.05) is 29.5 Å². The Morgan fingerprint density at radius 2 is 0.942 bits per heavy atom. The molecular weight excluding hydrogens is 636 g/mol. The Bertz CT molecular complexity index is 2890. The molecule has 0 unspecified atom stereocenters. The number of hydrogen-bond acceptors (Lipinski definition) is 1. The van der Waals surface area contributed by atoms with Crippen molar-refractivity contribution in [1.29, 1.82) is 0 Å². The summed E-state index contributed by atoms with van der Waals surface area (Å²) in [7, 11) is 15.9. The Morgan fingerprint density at radius 3 is 1.60 bits per heavy atom.